The lowest BCUT2D eigenvalue weighted by atomic mass is 10.2. The first-order chi connectivity index (χ1) is 20.1. The fourth-order valence-electron chi connectivity index (χ4n) is 4.92. The molecule has 1 saturated heterocycles. The van der Waals surface area contributed by atoms with Gasteiger partial charge in [-0.3, -0.25) is 9.80 Å². The summed E-state index contributed by atoms with van der Waals surface area (Å²) in [5, 5.41) is 32.7. The highest BCUT2D eigenvalue weighted by atomic mass is 32.2. The van der Waals surface area contributed by atoms with Crippen LogP contribution in [0.15, 0.2) is 60.7 Å². The Hall–Kier alpha value is -2.21. The van der Waals surface area contributed by atoms with E-state index >= 15 is 0 Å². The first kappa shape index (κ1) is 30.3. The zero-order valence-electron chi connectivity index (χ0n) is 23.2. The molecule has 1 aliphatic heterocycles. The van der Waals surface area contributed by atoms with Gasteiger partial charge in [-0.2, -0.15) is 35.3 Å². The fraction of sp³-hybridized carbons (Fsp3) is 0.419. The van der Waals surface area contributed by atoms with Gasteiger partial charge in [0, 0.05) is 84.1 Å². The minimum absolute atomic E-state index is 0.188. The number of thioether (sulfide) groups is 3. The maximum absolute atomic E-state index is 10.3. The Labute approximate surface area is 254 Å². The molecule has 7 nitrogen and oxygen atoms in total. The number of hydrogen-bond donors (Lipinski definition) is 3. The molecule has 4 aromatic rings. The van der Waals surface area contributed by atoms with Crippen LogP contribution in [0.2, 0.25) is 0 Å². The summed E-state index contributed by atoms with van der Waals surface area (Å²) in [5.74, 6) is 5.40. The second-order valence-corrected chi connectivity index (χ2v) is 14.0. The number of benzene rings is 2. The molecule has 5 rings (SSSR count). The van der Waals surface area contributed by atoms with Crippen molar-refractivity contribution in [1.29, 1.82) is 0 Å². The van der Waals surface area contributed by atoms with Crippen molar-refractivity contribution < 1.29 is 15.3 Å². The summed E-state index contributed by atoms with van der Waals surface area (Å²) in [7, 11) is 0. The van der Waals surface area contributed by atoms with E-state index in [4.69, 9.17) is 9.97 Å². The first-order valence-electron chi connectivity index (χ1n) is 14.1. The van der Waals surface area contributed by atoms with Crippen molar-refractivity contribution in [3.8, 4) is 11.5 Å². The number of nitrogens with zero attached hydrogens (tertiary/aromatic N) is 4. The lowest BCUT2D eigenvalue weighted by Gasteiger charge is -2.23. The third kappa shape index (κ3) is 8.65. The molecule has 0 spiro atoms. The molecule has 218 valence electrons. The molecule has 3 heterocycles. The summed E-state index contributed by atoms with van der Waals surface area (Å²) < 4.78 is 0. The Morgan fingerprint density at radius 3 is 1.71 bits per heavy atom. The molecule has 0 saturated carbocycles. The largest absolute Gasteiger partial charge is 0.506 e. The number of aliphatic hydroxyl groups excluding tert-OH is 1. The second kappa shape index (κ2) is 15.3. The van der Waals surface area contributed by atoms with E-state index in [0.717, 1.165) is 90.2 Å². The number of pyridine rings is 2. The fourth-order valence-corrected chi connectivity index (χ4v) is 8.29. The minimum atomic E-state index is 0.188. The maximum Gasteiger partial charge on any atom is 0.141 e. The summed E-state index contributed by atoms with van der Waals surface area (Å²) >= 11 is 5.73. The molecule has 0 amide bonds. The molecule has 0 bridgehead atoms. The molecule has 0 radical (unpaired) electrons. The summed E-state index contributed by atoms with van der Waals surface area (Å²) in [5.41, 5.74) is 3.24. The van der Waals surface area contributed by atoms with Gasteiger partial charge >= 0.3 is 0 Å². The number of aromatic hydroxyl groups is 2. The van der Waals surface area contributed by atoms with E-state index in [1.165, 1.54) is 0 Å². The first-order valence-corrected chi connectivity index (χ1v) is 17.4. The van der Waals surface area contributed by atoms with Crippen molar-refractivity contribution in [2.45, 2.75) is 18.3 Å². The van der Waals surface area contributed by atoms with Gasteiger partial charge in [0.15, 0.2) is 0 Å². The normalized spacial score (nSPS) is 19.2. The number of phenolic OH excluding ortho intramolecular Hbond substituents is 2. The topological polar surface area (TPSA) is 93.0 Å². The summed E-state index contributed by atoms with van der Waals surface area (Å²) in [6.07, 6.45) is 0. The van der Waals surface area contributed by atoms with E-state index in [9.17, 15) is 15.3 Å². The molecule has 41 heavy (non-hydrogen) atoms. The van der Waals surface area contributed by atoms with Gasteiger partial charge in [-0.15, -0.1) is 0 Å². The number of rotatable bonds is 5. The molecule has 2 aromatic carbocycles. The highest BCUT2D eigenvalue weighted by molar-refractivity contribution is 8.03. The van der Waals surface area contributed by atoms with Crippen LogP contribution in [0.1, 0.15) is 11.4 Å². The van der Waals surface area contributed by atoms with Crippen LogP contribution in [-0.4, -0.2) is 102 Å². The Morgan fingerprint density at radius 1 is 0.659 bits per heavy atom. The SMILES string of the molecule is OC[C@@H]1CSCCN(Cc2ccc3cccc(O)c3n2)CCSCCN(Cc2ccc3cccc(O)c3n2)CCS1. The van der Waals surface area contributed by atoms with Gasteiger partial charge in [0.25, 0.3) is 0 Å². The molecule has 1 atom stereocenters. The Bertz CT molecular complexity index is 1430. The van der Waals surface area contributed by atoms with E-state index in [2.05, 4.69) is 21.9 Å². The van der Waals surface area contributed by atoms with Gasteiger partial charge in [0.2, 0.25) is 0 Å². The average Bonchev–Trinajstić information content (AvgIpc) is 2.99. The number of para-hydroxylation sites is 2. The van der Waals surface area contributed by atoms with Gasteiger partial charge in [-0.1, -0.05) is 36.4 Å². The van der Waals surface area contributed by atoms with Crippen LogP contribution in [0.25, 0.3) is 21.8 Å². The molecule has 0 unspecified atom stereocenters. The number of phenols is 2. The Balaban J connectivity index is 1.23. The standard InChI is InChI=1S/C31H38N4O3S3/c36-21-27-22-40-17-13-34(19-25-9-7-23-3-1-5-28(37)30(23)32-25)11-15-39-16-12-35(14-18-41-27)20-26-10-8-24-4-2-6-29(38)31(24)33-26/h1-10,27,36-38H,11-22H2/t27-/m1/s1. The number of fused-ring (bicyclic) bond motifs is 2. The van der Waals surface area contributed by atoms with E-state index in [1.54, 1.807) is 12.1 Å². The van der Waals surface area contributed by atoms with E-state index in [0.29, 0.717) is 11.0 Å². The van der Waals surface area contributed by atoms with Crippen molar-refractivity contribution in [3.63, 3.8) is 0 Å². The third-order valence-corrected chi connectivity index (χ3v) is 10.7. The van der Waals surface area contributed by atoms with Gasteiger partial charge in [-0.25, -0.2) is 9.97 Å². The van der Waals surface area contributed by atoms with E-state index in [-0.39, 0.29) is 23.4 Å². The van der Waals surface area contributed by atoms with Crippen LogP contribution in [0.4, 0.5) is 0 Å². The van der Waals surface area contributed by atoms with Crippen LogP contribution in [0.3, 0.4) is 0 Å². The maximum atomic E-state index is 10.3. The molecular formula is C31H38N4O3S3. The molecule has 3 N–H and O–H groups in total. The quantitative estimate of drug-likeness (QED) is 0.284. The summed E-state index contributed by atoms with van der Waals surface area (Å²) in [6.45, 7) is 5.48. The van der Waals surface area contributed by atoms with Crippen LogP contribution in [-0.2, 0) is 13.1 Å². The van der Waals surface area contributed by atoms with E-state index < -0.39 is 0 Å². The van der Waals surface area contributed by atoms with E-state index in [1.807, 2.05) is 71.7 Å². The smallest absolute Gasteiger partial charge is 0.141 e. The summed E-state index contributed by atoms with van der Waals surface area (Å²) in [6, 6.07) is 19.2. The third-order valence-electron chi connectivity index (χ3n) is 7.21. The number of hydrogen-bond acceptors (Lipinski definition) is 10. The highest BCUT2D eigenvalue weighted by Gasteiger charge is 2.15. The van der Waals surface area contributed by atoms with Gasteiger partial charge in [0.05, 0.1) is 18.0 Å². The predicted octanol–water partition coefficient (Wildman–Crippen LogP) is 5.07. The zero-order valence-corrected chi connectivity index (χ0v) is 25.6. The van der Waals surface area contributed by atoms with Gasteiger partial charge in [-0.05, 0) is 24.3 Å². The van der Waals surface area contributed by atoms with Crippen molar-refractivity contribution in [2.24, 2.45) is 0 Å². The van der Waals surface area contributed by atoms with Gasteiger partial charge in [0.1, 0.15) is 22.5 Å². The van der Waals surface area contributed by atoms with Crippen LogP contribution in [0, 0.1) is 0 Å². The molecule has 10 heteroatoms. The highest BCUT2D eigenvalue weighted by Crippen LogP contribution is 2.25. The molecule has 2 aromatic heterocycles. The second-order valence-electron chi connectivity index (χ2n) is 10.2. The number of aromatic nitrogens is 2. The lowest BCUT2D eigenvalue weighted by molar-refractivity contribution is 0.293. The zero-order chi connectivity index (χ0) is 28.4. The minimum Gasteiger partial charge on any atom is -0.506 e. The van der Waals surface area contributed by atoms with Crippen molar-refractivity contribution in [2.75, 3.05) is 61.6 Å². The summed E-state index contributed by atoms with van der Waals surface area (Å²) in [4.78, 5) is 14.4. The van der Waals surface area contributed by atoms with Crippen LogP contribution >= 0.6 is 35.3 Å². The lowest BCUT2D eigenvalue weighted by Crippen LogP contribution is -2.30. The van der Waals surface area contributed by atoms with Crippen LogP contribution < -0.4 is 0 Å². The van der Waals surface area contributed by atoms with Crippen molar-refractivity contribution in [1.82, 2.24) is 19.8 Å². The molecule has 1 fully saturated rings. The number of aliphatic hydroxyl groups is 1. The Kier molecular flexibility index (Phi) is 11.3. The molecular weight excluding hydrogens is 573 g/mol. The van der Waals surface area contributed by atoms with Crippen LogP contribution in [0.5, 0.6) is 11.5 Å². The Morgan fingerprint density at radius 2 is 1.17 bits per heavy atom. The monoisotopic (exact) mass is 610 g/mol. The van der Waals surface area contributed by atoms with Crippen molar-refractivity contribution in [3.05, 3.63) is 72.1 Å². The predicted molar refractivity (Wildman–Crippen MR) is 175 cm³/mol. The average molecular weight is 611 g/mol. The van der Waals surface area contributed by atoms with Crippen molar-refractivity contribution >= 4 is 57.1 Å². The van der Waals surface area contributed by atoms with Gasteiger partial charge < -0.3 is 15.3 Å². The molecule has 0 aliphatic carbocycles. The molecule has 1 aliphatic rings.